The fraction of sp³-hybridized carbons (Fsp3) is 0.375. The molecular formula is C8H8BrNO2. The van der Waals surface area contributed by atoms with Crippen LogP contribution in [0.2, 0.25) is 0 Å². The van der Waals surface area contributed by atoms with Crippen LogP contribution in [-0.4, -0.2) is 24.2 Å². The van der Waals surface area contributed by atoms with Crippen LogP contribution >= 0.6 is 15.9 Å². The Morgan fingerprint density at radius 2 is 2.67 bits per heavy atom. The summed E-state index contributed by atoms with van der Waals surface area (Å²) in [5, 5.41) is 0. The summed E-state index contributed by atoms with van der Waals surface area (Å²) in [5.41, 5.74) is 0. The molecule has 64 valence electrons. The Morgan fingerprint density at radius 3 is 3.33 bits per heavy atom. The zero-order chi connectivity index (χ0) is 12.9. The molecule has 2 heterocycles. The predicted molar refractivity (Wildman–Crippen MR) is 47.2 cm³/mol. The third-order valence-electron chi connectivity index (χ3n) is 1.21. The number of ether oxygens (including phenoxy) is 2. The first-order valence-electron chi connectivity index (χ1n) is 5.69. The van der Waals surface area contributed by atoms with Gasteiger partial charge >= 0.3 is 0 Å². The largest absolute Gasteiger partial charge is 0.485 e. The maximum Gasteiger partial charge on any atom is 0.145 e. The van der Waals surface area contributed by atoms with Crippen molar-refractivity contribution in [2.24, 2.45) is 0 Å². The SMILES string of the molecule is [2H]C1([2H])OC([2H])([2H])C1([2H])Oc1ccnc(Br)c1. The molecule has 1 aliphatic rings. The van der Waals surface area contributed by atoms with Crippen molar-refractivity contribution in [1.82, 2.24) is 4.98 Å². The molecule has 0 radical (unpaired) electrons. The van der Waals surface area contributed by atoms with Crippen LogP contribution in [-0.2, 0) is 4.74 Å². The molecule has 1 aromatic heterocycles. The molecule has 3 nitrogen and oxygen atoms in total. The first-order valence-corrected chi connectivity index (χ1v) is 3.98. The van der Waals surface area contributed by atoms with Gasteiger partial charge in [-0.1, -0.05) is 0 Å². The second-order valence-corrected chi connectivity index (χ2v) is 2.86. The zero-order valence-electron chi connectivity index (χ0n) is 10.9. The van der Waals surface area contributed by atoms with Crippen molar-refractivity contribution < 1.29 is 16.3 Å². The van der Waals surface area contributed by atoms with Crippen LogP contribution in [0.25, 0.3) is 0 Å². The van der Waals surface area contributed by atoms with Gasteiger partial charge in [0.05, 0.1) is 20.0 Å². The van der Waals surface area contributed by atoms with Crippen LogP contribution in [0.5, 0.6) is 5.75 Å². The zero-order valence-corrected chi connectivity index (χ0v) is 7.46. The number of rotatable bonds is 2. The number of hydrogen-bond acceptors (Lipinski definition) is 3. The van der Waals surface area contributed by atoms with E-state index in [0.717, 1.165) is 0 Å². The van der Waals surface area contributed by atoms with Gasteiger partial charge in [0.15, 0.2) is 0 Å². The highest BCUT2D eigenvalue weighted by Gasteiger charge is 2.19. The molecule has 1 aromatic rings. The number of aromatic nitrogens is 1. The van der Waals surface area contributed by atoms with Crippen LogP contribution in [0.1, 0.15) is 6.85 Å². The number of hydrogen-bond donors (Lipinski definition) is 0. The highest BCUT2D eigenvalue weighted by atomic mass is 79.9. The molecule has 12 heavy (non-hydrogen) atoms. The molecule has 1 saturated heterocycles. The molecule has 4 heteroatoms. The Hall–Kier alpha value is -0.610. The summed E-state index contributed by atoms with van der Waals surface area (Å²) in [4.78, 5) is 3.84. The van der Waals surface area contributed by atoms with Crippen molar-refractivity contribution in [2.45, 2.75) is 6.08 Å². The van der Waals surface area contributed by atoms with Gasteiger partial charge in [-0.05, 0) is 22.0 Å². The number of pyridine rings is 1. The lowest BCUT2D eigenvalue weighted by atomic mass is 10.3. The summed E-state index contributed by atoms with van der Waals surface area (Å²) >= 11 is 3.10. The van der Waals surface area contributed by atoms with Crippen molar-refractivity contribution in [2.75, 3.05) is 13.1 Å². The minimum atomic E-state index is -2.51. The summed E-state index contributed by atoms with van der Waals surface area (Å²) in [6.07, 6.45) is -1.05. The summed E-state index contributed by atoms with van der Waals surface area (Å²) in [7, 11) is 0. The highest BCUT2D eigenvalue weighted by molar-refractivity contribution is 9.10. The van der Waals surface area contributed by atoms with Gasteiger partial charge < -0.3 is 9.47 Å². The second kappa shape index (κ2) is 3.41. The molecule has 2 rings (SSSR count). The van der Waals surface area contributed by atoms with E-state index in [1.165, 1.54) is 18.3 Å². The molecule has 0 atom stereocenters. The normalized spacial score (nSPS) is 34.2. The van der Waals surface area contributed by atoms with Gasteiger partial charge in [-0.2, -0.15) is 0 Å². The van der Waals surface area contributed by atoms with E-state index < -0.39 is 19.2 Å². The molecule has 1 fully saturated rings. The average molecular weight is 235 g/mol. The van der Waals surface area contributed by atoms with Gasteiger partial charge in [-0.15, -0.1) is 0 Å². The monoisotopic (exact) mass is 234 g/mol. The third-order valence-corrected chi connectivity index (χ3v) is 1.64. The third kappa shape index (κ3) is 1.76. The lowest BCUT2D eigenvalue weighted by Gasteiger charge is -2.26. The Labute approximate surface area is 85.9 Å². The smallest absolute Gasteiger partial charge is 0.145 e. The van der Waals surface area contributed by atoms with Crippen LogP contribution in [0.4, 0.5) is 0 Å². The number of halogens is 1. The van der Waals surface area contributed by atoms with Crippen molar-refractivity contribution in [1.29, 1.82) is 0 Å². The lowest BCUT2D eigenvalue weighted by Crippen LogP contribution is -2.38. The predicted octanol–water partition coefficient (Wildman–Crippen LogP) is 1.62. The molecule has 0 N–H and O–H groups in total. The van der Waals surface area contributed by atoms with Gasteiger partial charge in [0, 0.05) is 12.3 Å². The Balaban J connectivity index is 2.28. The van der Waals surface area contributed by atoms with Crippen molar-refractivity contribution in [3.63, 3.8) is 0 Å². The average Bonchev–Trinajstić information content (AvgIpc) is 2.15. The molecule has 0 unspecified atom stereocenters. The van der Waals surface area contributed by atoms with Gasteiger partial charge in [0.2, 0.25) is 0 Å². The van der Waals surface area contributed by atoms with E-state index in [9.17, 15) is 0 Å². The summed E-state index contributed by atoms with van der Waals surface area (Å²) in [6, 6.07) is 2.83. The molecule has 0 bridgehead atoms. The van der Waals surface area contributed by atoms with E-state index in [1.807, 2.05) is 0 Å². The Bertz CT molecular complexity index is 441. The van der Waals surface area contributed by atoms with Gasteiger partial charge in [-0.25, -0.2) is 4.98 Å². The van der Waals surface area contributed by atoms with Crippen LogP contribution in [0, 0.1) is 0 Å². The fourth-order valence-electron chi connectivity index (χ4n) is 0.700. The number of nitrogens with zero attached hydrogens (tertiary/aromatic N) is 1. The molecule has 1 aliphatic heterocycles. The summed E-state index contributed by atoms with van der Waals surface area (Å²) in [6.45, 7) is -5.02. The summed E-state index contributed by atoms with van der Waals surface area (Å²) < 4.78 is 47.0. The second-order valence-electron chi connectivity index (χ2n) is 2.05. The molecule has 0 saturated carbocycles. The standard InChI is InChI=1S/C8H8BrNO2/c9-8-3-6(1-2-10-8)12-7-4-11-5-7/h1-3,7H,4-5H2/i4D2,5D2,7D. The molecular weight excluding hydrogens is 222 g/mol. The van der Waals surface area contributed by atoms with E-state index >= 15 is 0 Å². The van der Waals surface area contributed by atoms with Crippen molar-refractivity contribution >= 4 is 15.9 Å². The van der Waals surface area contributed by atoms with Crippen molar-refractivity contribution in [3.05, 3.63) is 22.9 Å². The fourth-order valence-corrected chi connectivity index (χ4v) is 1.04. The summed E-state index contributed by atoms with van der Waals surface area (Å²) in [5.74, 6) is 0.137. The van der Waals surface area contributed by atoms with Crippen LogP contribution in [0.3, 0.4) is 0 Å². The Kier molecular flexibility index (Phi) is 1.16. The molecule has 0 aliphatic carbocycles. The lowest BCUT2D eigenvalue weighted by molar-refractivity contribution is -0.0797. The van der Waals surface area contributed by atoms with E-state index in [0.29, 0.717) is 4.60 Å². The maximum absolute atomic E-state index is 7.74. The van der Waals surface area contributed by atoms with E-state index in [2.05, 4.69) is 25.7 Å². The van der Waals surface area contributed by atoms with Crippen LogP contribution < -0.4 is 4.74 Å². The first-order chi connectivity index (χ1) is 7.68. The van der Waals surface area contributed by atoms with Crippen molar-refractivity contribution in [3.8, 4) is 5.75 Å². The highest BCUT2D eigenvalue weighted by Crippen LogP contribution is 2.18. The minimum absolute atomic E-state index is 0.137. The topological polar surface area (TPSA) is 31.4 Å². The Morgan fingerprint density at radius 1 is 1.83 bits per heavy atom. The minimum Gasteiger partial charge on any atom is -0.485 e. The van der Waals surface area contributed by atoms with Gasteiger partial charge in [0.1, 0.15) is 16.4 Å². The van der Waals surface area contributed by atoms with E-state index in [1.54, 1.807) is 0 Å². The van der Waals surface area contributed by atoms with E-state index in [-0.39, 0.29) is 5.75 Å². The van der Waals surface area contributed by atoms with E-state index in [4.69, 9.17) is 11.6 Å². The maximum atomic E-state index is 7.74. The first kappa shape index (κ1) is 4.07. The molecule has 0 aromatic carbocycles. The van der Waals surface area contributed by atoms with Gasteiger partial charge in [-0.3, -0.25) is 0 Å². The molecule has 0 spiro atoms. The van der Waals surface area contributed by atoms with Gasteiger partial charge in [0.25, 0.3) is 0 Å². The van der Waals surface area contributed by atoms with Crippen LogP contribution in [0.15, 0.2) is 22.9 Å². The quantitative estimate of drug-likeness (QED) is 0.730. The molecule has 0 amide bonds.